The van der Waals surface area contributed by atoms with E-state index in [1.54, 1.807) is 0 Å². The number of carbonyl (C=O) groups excluding carboxylic acids is 4. The van der Waals surface area contributed by atoms with E-state index in [4.69, 9.17) is 18.9 Å². The molecular weight excluding hydrogens is 725 g/mol. The number of rotatable bonds is 16. The molecule has 5 rings (SSSR count). The molecule has 2 aliphatic rings. The van der Waals surface area contributed by atoms with Crippen LogP contribution < -0.4 is 9.47 Å². The van der Waals surface area contributed by atoms with Gasteiger partial charge in [-0.3, -0.25) is 19.2 Å². The van der Waals surface area contributed by atoms with Crippen LogP contribution >= 0.6 is 0 Å². The maximum atomic E-state index is 14.1. The molecular formula is C45H53F3O8. The molecule has 8 nitrogen and oxygen atoms in total. The van der Waals surface area contributed by atoms with Crippen molar-refractivity contribution in [3.05, 3.63) is 94.5 Å². The maximum Gasteiger partial charge on any atom is 0.420 e. The molecule has 0 heterocycles. The number of halogens is 3. The average Bonchev–Trinajstić information content (AvgIpc) is 3.19. The van der Waals surface area contributed by atoms with Crippen molar-refractivity contribution in [3.63, 3.8) is 0 Å². The fraction of sp³-hybridized carbons (Fsp3) is 0.511. The molecule has 0 aliphatic heterocycles. The van der Waals surface area contributed by atoms with Gasteiger partial charge < -0.3 is 18.9 Å². The minimum atomic E-state index is -4.89. The van der Waals surface area contributed by atoms with Crippen LogP contribution in [0.15, 0.2) is 66.7 Å². The van der Waals surface area contributed by atoms with Crippen molar-refractivity contribution in [2.24, 2.45) is 23.7 Å². The molecule has 0 amide bonds. The predicted molar refractivity (Wildman–Crippen MR) is 204 cm³/mol. The van der Waals surface area contributed by atoms with Crippen molar-refractivity contribution in [2.45, 2.75) is 110 Å². The number of ether oxygens (including phenoxy) is 4. The Balaban J connectivity index is 1.04. The van der Waals surface area contributed by atoms with Gasteiger partial charge in [0.2, 0.25) is 0 Å². The zero-order valence-corrected chi connectivity index (χ0v) is 32.4. The lowest BCUT2D eigenvalue weighted by Gasteiger charge is -2.26. The average molecular weight is 779 g/mol. The second-order valence-electron chi connectivity index (χ2n) is 15.1. The third kappa shape index (κ3) is 12.4. The summed E-state index contributed by atoms with van der Waals surface area (Å²) in [5.41, 5.74) is 3.44. The van der Waals surface area contributed by atoms with Crippen LogP contribution in [-0.2, 0) is 60.5 Å². The fourth-order valence-electron chi connectivity index (χ4n) is 7.50. The molecule has 0 saturated heterocycles. The third-order valence-corrected chi connectivity index (χ3v) is 10.9. The van der Waals surface area contributed by atoms with Gasteiger partial charge in [0.1, 0.15) is 17.1 Å². The first kappa shape index (κ1) is 42.5. The largest absolute Gasteiger partial charge is 0.465 e. The van der Waals surface area contributed by atoms with Crippen LogP contribution in [0.25, 0.3) is 0 Å². The van der Waals surface area contributed by atoms with Gasteiger partial charge in [-0.05, 0) is 105 Å². The molecule has 302 valence electrons. The molecule has 2 saturated carbocycles. The lowest BCUT2D eigenvalue weighted by Crippen LogP contribution is -2.30. The zero-order chi connectivity index (χ0) is 40.1. The van der Waals surface area contributed by atoms with Crippen LogP contribution in [-0.4, -0.2) is 37.1 Å². The van der Waals surface area contributed by atoms with Crippen LogP contribution in [0.2, 0.25) is 0 Å². The van der Waals surface area contributed by atoms with Gasteiger partial charge in [0.25, 0.3) is 0 Å². The number of benzene rings is 3. The van der Waals surface area contributed by atoms with Crippen LogP contribution in [0.3, 0.4) is 0 Å². The maximum absolute atomic E-state index is 14.1. The van der Waals surface area contributed by atoms with E-state index in [0.29, 0.717) is 57.4 Å². The summed E-state index contributed by atoms with van der Waals surface area (Å²) in [6, 6.07) is 19.3. The van der Waals surface area contributed by atoms with E-state index < -0.39 is 47.2 Å². The summed E-state index contributed by atoms with van der Waals surface area (Å²) >= 11 is 0. The van der Waals surface area contributed by atoms with Crippen molar-refractivity contribution in [1.82, 2.24) is 0 Å². The highest BCUT2D eigenvalue weighted by atomic mass is 19.4. The molecule has 56 heavy (non-hydrogen) atoms. The van der Waals surface area contributed by atoms with Gasteiger partial charge in [-0.2, -0.15) is 13.2 Å². The van der Waals surface area contributed by atoms with Crippen LogP contribution in [0.5, 0.6) is 11.5 Å². The quantitative estimate of drug-likeness (QED) is 0.105. The summed E-state index contributed by atoms with van der Waals surface area (Å²) in [6.07, 6.45) is 3.26. The third-order valence-electron chi connectivity index (χ3n) is 10.9. The molecule has 0 bridgehead atoms. The van der Waals surface area contributed by atoms with Crippen LogP contribution in [0, 0.1) is 23.7 Å². The molecule has 0 radical (unpaired) electrons. The van der Waals surface area contributed by atoms with E-state index in [1.165, 1.54) is 17.2 Å². The Bertz CT molecular complexity index is 1750. The van der Waals surface area contributed by atoms with Crippen molar-refractivity contribution in [1.29, 1.82) is 0 Å². The highest BCUT2D eigenvalue weighted by molar-refractivity contribution is 5.78. The normalized spacial score (nSPS) is 19.8. The van der Waals surface area contributed by atoms with Gasteiger partial charge in [-0.15, -0.1) is 0 Å². The molecule has 3 aromatic rings. The summed E-state index contributed by atoms with van der Waals surface area (Å²) in [4.78, 5) is 51.3. The number of alkyl halides is 3. The molecule has 2 aliphatic carbocycles. The fourth-order valence-corrected chi connectivity index (χ4v) is 7.50. The number of esters is 4. The topological polar surface area (TPSA) is 105 Å². The summed E-state index contributed by atoms with van der Waals surface area (Å²) in [7, 11) is 0. The predicted octanol–water partition coefficient (Wildman–Crippen LogP) is 9.61. The molecule has 2 fully saturated rings. The minimum Gasteiger partial charge on any atom is -0.465 e. The molecule has 0 spiro atoms. The first-order valence-electron chi connectivity index (χ1n) is 20.1. The number of aryl methyl sites for hydroxylation is 2. The van der Waals surface area contributed by atoms with E-state index in [2.05, 4.69) is 38.1 Å². The molecule has 11 heteroatoms. The molecule has 0 aromatic heterocycles. The van der Waals surface area contributed by atoms with Crippen molar-refractivity contribution in [2.75, 3.05) is 13.2 Å². The van der Waals surface area contributed by atoms with Crippen LogP contribution in [0.4, 0.5) is 13.2 Å². The monoisotopic (exact) mass is 778 g/mol. The van der Waals surface area contributed by atoms with Crippen molar-refractivity contribution >= 4 is 23.9 Å². The van der Waals surface area contributed by atoms with Gasteiger partial charge >= 0.3 is 30.1 Å². The van der Waals surface area contributed by atoms with Crippen LogP contribution in [0.1, 0.15) is 106 Å². The number of hydrogen-bond donors (Lipinski definition) is 0. The lowest BCUT2D eigenvalue weighted by atomic mass is 9.82. The number of carbonyl (C=O) groups is 4. The van der Waals surface area contributed by atoms with Gasteiger partial charge in [0, 0.05) is 12.8 Å². The van der Waals surface area contributed by atoms with Crippen molar-refractivity contribution < 1.29 is 51.3 Å². The summed E-state index contributed by atoms with van der Waals surface area (Å²) in [6.45, 7) is 4.76. The highest BCUT2D eigenvalue weighted by Crippen LogP contribution is 2.40. The van der Waals surface area contributed by atoms with Gasteiger partial charge in [-0.1, -0.05) is 75.2 Å². The Morgan fingerprint density at radius 2 is 0.875 bits per heavy atom. The first-order valence-corrected chi connectivity index (χ1v) is 20.1. The van der Waals surface area contributed by atoms with E-state index in [-0.39, 0.29) is 49.7 Å². The molecule has 3 aromatic carbocycles. The second-order valence-corrected chi connectivity index (χ2v) is 15.1. The van der Waals surface area contributed by atoms with Gasteiger partial charge in [-0.25, -0.2) is 0 Å². The molecule has 0 N–H and O–H groups in total. The Morgan fingerprint density at radius 3 is 1.25 bits per heavy atom. The Labute approximate surface area is 327 Å². The molecule has 0 atom stereocenters. The molecule has 0 unspecified atom stereocenters. The Morgan fingerprint density at radius 1 is 0.518 bits per heavy atom. The van der Waals surface area contributed by atoms with Gasteiger partial charge in [0.15, 0.2) is 0 Å². The second kappa shape index (κ2) is 20.5. The Kier molecular flexibility index (Phi) is 15.5. The standard InChI is InChI=1S/C45H53F3O8/c1-3-5-30-7-11-32(12-8-30)25-27-53-41(49)34-15-19-36(20-16-34)43(51)55-38-23-24-40(39(29-38)45(46,47)48)56-44(52)37-21-17-35(18-22-37)42(50)54-28-26-33-13-9-31(6-4-2)10-14-33/h7-14,23-24,29,34-37H,3-6,15-22,25-28H2,1-2H3. The zero-order valence-electron chi connectivity index (χ0n) is 32.4. The lowest BCUT2D eigenvalue weighted by molar-refractivity contribution is -0.152. The summed E-state index contributed by atoms with van der Waals surface area (Å²) in [5, 5.41) is 0. The van der Waals surface area contributed by atoms with E-state index in [9.17, 15) is 32.3 Å². The van der Waals surface area contributed by atoms with Crippen molar-refractivity contribution in [3.8, 4) is 11.5 Å². The van der Waals surface area contributed by atoms with E-state index in [1.807, 2.05) is 24.3 Å². The smallest absolute Gasteiger partial charge is 0.420 e. The first-order chi connectivity index (χ1) is 26.9. The summed E-state index contributed by atoms with van der Waals surface area (Å²) < 4.78 is 64.0. The Hall–Kier alpha value is -4.67. The van der Waals surface area contributed by atoms with E-state index in [0.717, 1.165) is 42.9 Å². The highest BCUT2D eigenvalue weighted by Gasteiger charge is 2.38. The minimum absolute atomic E-state index is 0.243. The van der Waals surface area contributed by atoms with E-state index >= 15 is 0 Å². The van der Waals surface area contributed by atoms with Gasteiger partial charge in [0.05, 0.1) is 36.9 Å². The summed E-state index contributed by atoms with van der Waals surface area (Å²) in [5.74, 6) is -5.15. The number of hydrogen-bond acceptors (Lipinski definition) is 8. The SMILES string of the molecule is CCCc1ccc(CCOC(=O)C2CCC(C(=O)Oc3ccc(OC(=O)C4CCC(C(=O)OCCc5ccc(CCC)cc5)CC4)c(C(F)(F)F)c3)CC2)cc1.